The number of rotatable bonds is 3. The van der Waals surface area contributed by atoms with Gasteiger partial charge in [-0.05, 0) is 74.3 Å². The summed E-state index contributed by atoms with van der Waals surface area (Å²) < 4.78 is 0. The first kappa shape index (κ1) is 11.5. The van der Waals surface area contributed by atoms with Crippen LogP contribution in [0.1, 0.15) is 59.9 Å². The lowest BCUT2D eigenvalue weighted by molar-refractivity contribution is 0.128. The SMILES string of the molecule is OC(CC1CC2CCC1C2)c1cc2c(s1)CCC2. The van der Waals surface area contributed by atoms with Crippen LogP contribution in [0.5, 0.6) is 0 Å². The molecule has 1 heterocycles. The number of aliphatic hydroxyl groups is 1. The summed E-state index contributed by atoms with van der Waals surface area (Å²) >= 11 is 1.88. The molecule has 2 fully saturated rings. The third-order valence-corrected chi connectivity index (χ3v) is 6.84. The second kappa shape index (κ2) is 4.35. The van der Waals surface area contributed by atoms with Crippen molar-refractivity contribution >= 4 is 11.3 Å². The zero-order chi connectivity index (χ0) is 12.1. The summed E-state index contributed by atoms with van der Waals surface area (Å²) in [5, 5.41) is 10.5. The van der Waals surface area contributed by atoms with E-state index in [2.05, 4.69) is 6.07 Å². The van der Waals surface area contributed by atoms with Gasteiger partial charge in [0.1, 0.15) is 0 Å². The summed E-state index contributed by atoms with van der Waals surface area (Å²) in [6.45, 7) is 0. The summed E-state index contributed by atoms with van der Waals surface area (Å²) in [4.78, 5) is 2.81. The van der Waals surface area contributed by atoms with Gasteiger partial charge in [0.15, 0.2) is 0 Å². The van der Waals surface area contributed by atoms with Crippen molar-refractivity contribution in [3.63, 3.8) is 0 Å². The molecular weight excluding hydrogens is 240 g/mol. The van der Waals surface area contributed by atoms with E-state index in [-0.39, 0.29) is 6.10 Å². The molecule has 1 nitrogen and oxygen atoms in total. The van der Waals surface area contributed by atoms with Gasteiger partial charge >= 0.3 is 0 Å². The molecule has 2 heteroatoms. The largest absolute Gasteiger partial charge is 0.388 e. The zero-order valence-electron chi connectivity index (χ0n) is 10.9. The quantitative estimate of drug-likeness (QED) is 0.869. The summed E-state index contributed by atoms with van der Waals surface area (Å²) in [5.74, 6) is 2.76. The highest BCUT2D eigenvalue weighted by atomic mass is 32.1. The minimum absolute atomic E-state index is 0.176. The van der Waals surface area contributed by atoms with Gasteiger partial charge in [0.05, 0.1) is 6.10 Å². The van der Waals surface area contributed by atoms with Crippen LogP contribution in [-0.2, 0) is 12.8 Å². The van der Waals surface area contributed by atoms with E-state index in [1.807, 2.05) is 11.3 Å². The summed E-state index contributed by atoms with van der Waals surface area (Å²) in [6, 6.07) is 2.30. The Morgan fingerprint density at radius 1 is 1.28 bits per heavy atom. The molecule has 18 heavy (non-hydrogen) atoms. The highest BCUT2D eigenvalue weighted by molar-refractivity contribution is 7.12. The number of thiophene rings is 1. The molecule has 4 unspecified atom stereocenters. The molecule has 1 N–H and O–H groups in total. The molecule has 3 aliphatic carbocycles. The van der Waals surface area contributed by atoms with Crippen LogP contribution < -0.4 is 0 Å². The molecule has 2 bridgehead atoms. The Hall–Kier alpha value is -0.340. The van der Waals surface area contributed by atoms with Crippen LogP contribution in [-0.4, -0.2) is 5.11 Å². The molecule has 0 saturated heterocycles. The molecule has 0 aliphatic heterocycles. The smallest absolute Gasteiger partial charge is 0.0884 e. The van der Waals surface area contributed by atoms with Gasteiger partial charge in [-0.25, -0.2) is 0 Å². The van der Waals surface area contributed by atoms with Crippen molar-refractivity contribution in [2.45, 2.75) is 57.5 Å². The Labute approximate surface area is 113 Å². The molecule has 4 atom stereocenters. The Kier molecular flexibility index (Phi) is 2.77. The summed E-state index contributed by atoms with van der Waals surface area (Å²) in [7, 11) is 0. The van der Waals surface area contributed by atoms with Gasteiger partial charge in [-0.15, -0.1) is 11.3 Å². The fraction of sp³-hybridized carbons (Fsp3) is 0.750. The summed E-state index contributed by atoms with van der Waals surface area (Å²) in [6.07, 6.45) is 10.4. The molecule has 1 aromatic rings. The van der Waals surface area contributed by atoms with Crippen LogP contribution in [0.3, 0.4) is 0 Å². The first-order valence-corrected chi connectivity index (χ1v) is 8.41. The fourth-order valence-electron chi connectivity index (χ4n) is 4.58. The van der Waals surface area contributed by atoms with E-state index in [4.69, 9.17) is 0 Å². The maximum absolute atomic E-state index is 10.5. The lowest BCUT2D eigenvalue weighted by Crippen LogP contribution is -2.13. The van der Waals surface area contributed by atoms with E-state index in [0.29, 0.717) is 0 Å². The van der Waals surface area contributed by atoms with Crippen LogP contribution in [0.4, 0.5) is 0 Å². The molecular formula is C16H22OS. The second-order valence-corrected chi connectivity index (χ2v) is 7.81. The lowest BCUT2D eigenvalue weighted by atomic mass is 9.84. The average molecular weight is 262 g/mol. The Bertz CT molecular complexity index is 428. The van der Waals surface area contributed by atoms with Crippen molar-refractivity contribution in [2.24, 2.45) is 17.8 Å². The van der Waals surface area contributed by atoms with Crippen molar-refractivity contribution in [2.75, 3.05) is 0 Å². The van der Waals surface area contributed by atoms with Crippen molar-refractivity contribution < 1.29 is 5.11 Å². The van der Waals surface area contributed by atoms with Gasteiger partial charge in [0, 0.05) is 9.75 Å². The molecule has 0 aromatic carbocycles. The van der Waals surface area contributed by atoms with E-state index in [0.717, 1.165) is 24.2 Å². The van der Waals surface area contributed by atoms with Gasteiger partial charge in [-0.3, -0.25) is 0 Å². The number of hydrogen-bond donors (Lipinski definition) is 1. The monoisotopic (exact) mass is 262 g/mol. The van der Waals surface area contributed by atoms with Gasteiger partial charge < -0.3 is 5.11 Å². The van der Waals surface area contributed by atoms with Gasteiger partial charge in [0.2, 0.25) is 0 Å². The Balaban J connectivity index is 1.45. The normalized spacial score (nSPS) is 35.1. The van der Waals surface area contributed by atoms with E-state index in [9.17, 15) is 5.11 Å². The molecule has 1 aromatic heterocycles. The minimum atomic E-state index is -0.176. The summed E-state index contributed by atoms with van der Waals surface area (Å²) in [5.41, 5.74) is 1.53. The van der Waals surface area contributed by atoms with E-state index >= 15 is 0 Å². The van der Waals surface area contributed by atoms with Crippen molar-refractivity contribution in [3.8, 4) is 0 Å². The highest BCUT2D eigenvalue weighted by Gasteiger charge is 2.40. The first-order valence-electron chi connectivity index (χ1n) is 7.59. The number of hydrogen-bond acceptors (Lipinski definition) is 2. The molecule has 3 aliphatic rings. The third-order valence-electron chi connectivity index (χ3n) is 5.50. The predicted octanol–water partition coefficient (Wildman–Crippen LogP) is 4.10. The second-order valence-electron chi connectivity index (χ2n) is 6.64. The van der Waals surface area contributed by atoms with Gasteiger partial charge in [-0.1, -0.05) is 6.42 Å². The average Bonchev–Trinajstić information content (AvgIpc) is 3.08. The molecule has 0 radical (unpaired) electrons. The van der Waals surface area contributed by atoms with E-state index < -0.39 is 0 Å². The number of aliphatic hydroxyl groups excluding tert-OH is 1. The van der Waals surface area contributed by atoms with Crippen LogP contribution in [0.25, 0.3) is 0 Å². The molecule has 4 rings (SSSR count). The van der Waals surface area contributed by atoms with Gasteiger partial charge in [0.25, 0.3) is 0 Å². The van der Waals surface area contributed by atoms with E-state index in [1.54, 1.807) is 4.88 Å². The number of aryl methyl sites for hydroxylation is 2. The van der Waals surface area contributed by atoms with Crippen LogP contribution in [0, 0.1) is 17.8 Å². The predicted molar refractivity (Wildman–Crippen MR) is 74.9 cm³/mol. The van der Waals surface area contributed by atoms with Crippen molar-refractivity contribution in [1.29, 1.82) is 0 Å². The van der Waals surface area contributed by atoms with Crippen molar-refractivity contribution in [3.05, 3.63) is 21.4 Å². The third kappa shape index (κ3) is 1.85. The number of fused-ring (bicyclic) bond motifs is 3. The standard InChI is InChI=1S/C16H22OS/c17-14(8-13-7-10-4-5-11(13)6-10)16-9-12-2-1-3-15(12)18-16/h9-11,13-14,17H,1-8H2. The molecule has 2 saturated carbocycles. The Morgan fingerprint density at radius 3 is 2.94 bits per heavy atom. The van der Waals surface area contributed by atoms with Gasteiger partial charge in [-0.2, -0.15) is 0 Å². The maximum Gasteiger partial charge on any atom is 0.0884 e. The van der Waals surface area contributed by atoms with E-state index in [1.165, 1.54) is 55.4 Å². The maximum atomic E-state index is 10.5. The molecule has 0 spiro atoms. The van der Waals surface area contributed by atoms with Crippen LogP contribution >= 0.6 is 11.3 Å². The molecule has 0 amide bonds. The first-order chi connectivity index (χ1) is 8.79. The topological polar surface area (TPSA) is 20.2 Å². The lowest BCUT2D eigenvalue weighted by Gasteiger charge is -2.23. The highest BCUT2D eigenvalue weighted by Crippen LogP contribution is 2.51. The van der Waals surface area contributed by atoms with Crippen molar-refractivity contribution in [1.82, 2.24) is 0 Å². The van der Waals surface area contributed by atoms with Crippen LogP contribution in [0.15, 0.2) is 6.07 Å². The fourth-order valence-corrected chi connectivity index (χ4v) is 5.84. The Morgan fingerprint density at radius 2 is 2.22 bits per heavy atom. The molecule has 98 valence electrons. The zero-order valence-corrected chi connectivity index (χ0v) is 11.7. The van der Waals surface area contributed by atoms with Crippen LogP contribution in [0.2, 0.25) is 0 Å². The minimum Gasteiger partial charge on any atom is -0.388 e.